The highest BCUT2D eigenvalue weighted by atomic mass is 79.9. The second kappa shape index (κ2) is 9.35. The van der Waals surface area contributed by atoms with E-state index in [0.29, 0.717) is 11.3 Å². The summed E-state index contributed by atoms with van der Waals surface area (Å²) in [5.41, 5.74) is 2.23. The third kappa shape index (κ3) is 5.31. The minimum Gasteiger partial charge on any atom is -0.496 e. The van der Waals surface area contributed by atoms with Gasteiger partial charge in [-0.1, -0.05) is 6.07 Å². The van der Waals surface area contributed by atoms with Crippen molar-refractivity contribution in [3.63, 3.8) is 0 Å². The molecule has 0 saturated carbocycles. The summed E-state index contributed by atoms with van der Waals surface area (Å²) in [5.74, 6) is 0.444. The van der Waals surface area contributed by atoms with Gasteiger partial charge in [-0.05, 0) is 64.8 Å². The number of anilines is 1. The topological polar surface area (TPSA) is 79.5 Å². The summed E-state index contributed by atoms with van der Waals surface area (Å²) in [7, 11) is 3.19. The number of ether oxygens (including phenoxy) is 1. The van der Waals surface area contributed by atoms with Crippen LogP contribution in [0.25, 0.3) is 0 Å². The van der Waals surface area contributed by atoms with E-state index in [1.54, 1.807) is 38.4 Å². The molecule has 0 radical (unpaired) electrons. The summed E-state index contributed by atoms with van der Waals surface area (Å²) in [4.78, 5) is 23.6. The number of halogens is 1. The molecule has 0 unspecified atom stereocenters. The molecule has 7 heteroatoms. The molecule has 2 amide bonds. The molecule has 0 aliphatic carbocycles. The fourth-order valence-corrected chi connectivity index (χ4v) is 2.93. The van der Waals surface area contributed by atoms with Gasteiger partial charge in [-0.15, -0.1) is 0 Å². The van der Waals surface area contributed by atoms with Gasteiger partial charge in [0.1, 0.15) is 5.75 Å². The lowest BCUT2D eigenvalue weighted by Crippen LogP contribution is -2.30. The Morgan fingerprint density at radius 1 is 1.15 bits per heavy atom. The van der Waals surface area contributed by atoms with E-state index in [0.717, 1.165) is 15.8 Å². The monoisotopic (exact) mass is 419 g/mol. The van der Waals surface area contributed by atoms with Gasteiger partial charge in [-0.3, -0.25) is 9.59 Å². The summed E-state index contributed by atoms with van der Waals surface area (Å²) >= 11 is 3.46. The molecule has 2 aromatic rings. The Balaban J connectivity index is 1.88. The molecule has 0 heterocycles. The van der Waals surface area contributed by atoms with Crippen molar-refractivity contribution in [2.24, 2.45) is 0 Å². The van der Waals surface area contributed by atoms with Crippen LogP contribution in [-0.4, -0.2) is 32.5 Å². The molecular formula is C19H22BrN3O3. The quantitative estimate of drug-likeness (QED) is 0.643. The molecule has 2 aromatic carbocycles. The van der Waals surface area contributed by atoms with Gasteiger partial charge in [0.25, 0.3) is 5.91 Å². The molecule has 3 N–H and O–H groups in total. The maximum atomic E-state index is 12.1. The first-order chi connectivity index (χ1) is 12.4. The molecule has 0 bridgehead atoms. The number of hydrogen-bond donors (Lipinski definition) is 3. The molecule has 6 nitrogen and oxygen atoms in total. The predicted octanol–water partition coefficient (Wildman–Crippen LogP) is 3.11. The lowest BCUT2D eigenvalue weighted by atomic mass is 10.1. The van der Waals surface area contributed by atoms with Gasteiger partial charge in [0.15, 0.2) is 0 Å². The summed E-state index contributed by atoms with van der Waals surface area (Å²) in [6, 6.07) is 12.5. The van der Waals surface area contributed by atoms with Crippen molar-refractivity contribution in [3.05, 3.63) is 58.1 Å². The van der Waals surface area contributed by atoms with Gasteiger partial charge in [0.2, 0.25) is 5.91 Å². The Bertz CT molecular complexity index is 778. The highest BCUT2D eigenvalue weighted by Crippen LogP contribution is 2.27. The largest absolute Gasteiger partial charge is 0.496 e. The number of carbonyl (C=O) groups is 2. The number of nitrogens with one attached hydrogen (secondary N) is 3. The lowest BCUT2D eigenvalue weighted by Gasteiger charge is -2.15. The van der Waals surface area contributed by atoms with Crippen LogP contribution in [0.15, 0.2) is 46.9 Å². The van der Waals surface area contributed by atoms with Crippen LogP contribution in [0.4, 0.5) is 5.69 Å². The summed E-state index contributed by atoms with van der Waals surface area (Å²) < 4.78 is 6.09. The van der Waals surface area contributed by atoms with E-state index in [2.05, 4.69) is 31.9 Å². The van der Waals surface area contributed by atoms with Crippen LogP contribution in [0.2, 0.25) is 0 Å². The Kier molecular flexibility index (Phi) is 7.17. The number of carbonyl (C=O) groups excluding carboxylic acids is 2. The van der Waals surface area contributed by atoms with Gasteiger partial charge in [-0.25, -0.2) is 0 Å². The van der Waals surface area contributed by atoms with Crippen LogP contribution in [0, 0.1) is 0 Å². The molecule has 0 saturated heterocycles. The van der Waals surface area contributed by atoms with Crippen LogP contribution in [0.1, 0.15) is 28.9 Å². The fraction of sp³-hybridized carbons (Fsp3) is 0.263. The van der Waals surface area contributed by atoms with E-state index < -0.39 is 0 Å². The second-order valence-corrected chi connectivity index (χ2v) is 6.56. The molecular weight excluding hydrogens is 398 g/mol. The van der Waals surface area contributed by atoms with E-state index >= 15 is 0 Å². The van der Waals surface area contributed by atoms with Crippen LogP contribution in [-0.2, 0) is 4.79 Å². The Morgan fingerprint density at radius 2 is 1.85 bits per heavy atom. The molecule has 0 aliphatic rings. The van der Waals surface area contributed by atoms with Crippen molar-refractivity contribution >= 4 is 33.4 Å². The summed E-state index contributed by atoms with van der Waals surface area (Å²) in [6.07, 6.45) is 0. The lowest BCUT2D eigenvalue weighted by molar-refractivity contribution is -0.115. The standard InChI is InChI=1S/C19H22BrN3O3/c1-12(14-6-9-17(26-3)16(20)10-14)22-11-18(24)23-15-7-4-13(5-8-15)19(25)21-2/h4-10,12,22H,11H2,1-3H3,(H,21,25)(H,23,24)/t12-/m1/s1. The van der Waals surface area contributed by atoms with Crippen molar-refractivity contribution in [2.45, 2.75) is 13.0 Å². The Hall–Kier alpha value is -2.38. The van der Waals surface area contributed by atoms with Crippen molar-refractivity contribution in [3.8, 4) is 5.75 Å². The molecule has 0 spiro atoms. The number of amides is 2. The molecule has 0 aliphatic heterocycles. The Labute approximate surface area is 161 Å². The minimum atomic E-state index is -0.163. The van der Waals surface area contributed by atoms with Gasteiger partial charge >= 0.3 is 0 Å². The number of rotatable bonds is 7. The normalized spacial score (nSPS) is 11.5. The van der Waals surface area contributed by atoms with Crippen molar-refractivity contribution in [1.82, 2.24) is 10.6 Å². The van der Waals surface area contributed by atoms with Crippen LogP contribution >= 0.6 is 15.9 Å². The van der Waals surface area contributed by atoms with Crippen molar-refractivity contribution < 1.29 is 14.3 Å². The molecule has 2 rings (SSSR count). The van der Waals surface area contributed by atoms with Crippen LogP contribution in [0.3, 0.4) is 0 Å². The average molecular weight is 420 g/mol. The summed E-state index contributed by atoms with van der Waals surface area (Å²) in [6.45, 7) is 2.15. The van der Waals surface area contributed by atoms with Crippen molar-refractivity contribution in [2.75, 3.05) is 26.0 Å². The fourth-order valence-electron chi connectivity index (χ4n) is 2.37. The smallest absolute Gasteiger partial charge is 0.251 e. The number of methoxy groups -OCH3 is 1. The van der Waals surface area contributed by atoms with Gasteiger partial charge in [0.05, 0.1) is 18.1 Å². The molecule has 26 heavy (non-hydrogen) atoms. The van der Waals surface area contributed by atoms with E-state index in [4.69, 9.17) is 4.74 Å². The molecule has 0 aromatic heterocycles. The first-order valence-corrected chi connectivity index (χ1v) is 8.92. The maximum Gasteiger partial charge on any atom is 0.251 e. The first-order valence-electron chi connectivity index (χ1n) is 8.13. The zero-order valence-electron chi connectivity index (χ0n) is 14.9. The average Bonchev–Trinajstić information content (AvgIpc) is 2.66. The van der Waals surface area contributed by atoms with E-state index in [9.17, 15) is 9.59 Å². The van der Waals surface area contributed by atoms with Gasteiger partial charge < -0.3 is 20.7 Å². The molecule has 0 fully saturated rings. The van der Waals surface area contributed by atoms with Crippen LogP contribution < -0.4 is 20.7 Å². The second-order valence-electron chi connectivity index (χ2n) is 5.70. The first kappa shape index (κ1) is 19.9. The SMILES string of the molecule is CNC(=O)c1ccc(NC(=O)CN[C@H](C)c2ccc(OC)c(Br)c2)cc1. The number of hydrogen-bond acceptors (Lipinski definition) is 4. The third-order valence-corrected chi connectivity index (χ3v) is 4.52. The van der Waals surface area contributed by atoms with Crippen molar-refractivity contribution in [1.29, 1.82) is 0 Å². The third-order valence-electron chi connectivity index (χ3n) is 3.90. The Morgan fingerprint density at radius 3 is 2.42 bits per heavy atom. The highest BCUT2D eigenvalue weighted by Gasteiger charge is 2.10. The maximum absolute atomic E-state index is 12.1. The van der Waals surface area contributed by atoms with Crippen LogP contribution in [0.5, 0.6) is 5.75 Å². The van der Waals surface area contributed by atoms with Gasteiger partial charge in [0, 0.05) is 24.3 Å². The zero-order valence-corrected chi connectivity index (χ0v) is 16.5. The minimum absolute atomic E-state index is 0.00131. The van der Waals surface area contributed by atoms with E-state index in [-0.39, 0.29) is 24.4 Å². The zero-order chi connectivity index (χ0) is 19.1. The van der Waals surface area contributed by atoms with E-state index in [1.165, 1.54) is 0 Å². The van der Waals surface area contributed by atoms with Gasteiger partial charge in [-0.2, -0.15) is 0 Å². The van der Waals surface area contributed by atoms with E-state index in [1.807, 2.05) is 25.1 Å². The predicted molar refractivity (Wildman–Crippen MR) is 106 cm³/mol. The molecule has 138 valence electrons. The highest BCUT2D eigenvalue weighted by molar-refractivity contribution is 9.10. The molecule has 1 atom stereocenters. The number of benzene rings is 2. The summed E-state index contributed by atoms with van der Waals surface area (Å²) in [5, 5.41) is 8.54.